The Morgan fingerprint density at radius 1 is 1.18 bits per heavy atom. The number of ether oxygens (including phenoxy) is 1. The van der Waals surface area contributed by atoms with Crippen molar-refractivity contribution < 1.29 is 4.74 Å². The van der Waals surface area contributed by atoms with E-state index >= 15 is 0 Å². The smallest absolute Gasteiger partial charge is 0.0810 e. The molecule has 0 heterocycles. The SMILES string of the molecule is CCC1CCC(OC2(CN)CCC(C)C2)CC1. The first kappa shape index (κ1) is 13.4. The molecule has 2 aliphatic carbocycles. The second-order valence-electron chi connectivity index (χ2n) is 6.40. The van der Waals surface area contributed by atoms with E-state index < -0.39 is 0 Å². The first-order valence-corrected chi connectivity index (χ1v) is 7.55. The van der Waals surface area contributed by atoms with Crippen LogP contribution in [0, 0.1) is 11.8 Å². The normalized spacial score (nSPS) is 42.9. The van der Waals surface area contributed by atoms with Crippen molar-refractivity contribution in [2.24, 2.45) is 17.6 Å². The summed E-state index contributed by atoms with van der Waals surface area (Å²) < 4.78 is 6.43. The maximum absolute atomic E-state index is 6.43. The zero-order valence-electron chi connectivity index (χ0n) is 11.6. The fourth-order valence-electron chi connectivity index (χ4n) is 3.70. The molecule has 0 amide bonds. The summed E-state index contributed by atoms with van der Waals surface area (Å²) in [5, 5.41) is 0. The van der Waals surface area contributed by atoms with Crippen LogP contribution in [-0.4, -0.2) is 18.2 Å². The van der Waals surface area contributed by atoms with Crippen LogP contribution >= 0.6 is 0 Å². The van der Waals surface area contributed by atoms with Crippen LogP contribution in [0.5, 0.6) is 0 Å². The first-order chi connectivity index (χ1) is 8.17. The molecular formula is C15H29NO. The van der Waals surface area contributed by atoms with E-state index in [9.17, 15) is 0 Å². The largest absolute Gasteiger partial charge is 0.370 e. The van der Waals surface area contributed by atoms with Crippen molar-refractivity contribution in [3.63, 3.8) is 0 Å². The van der Waals surface area contributed by atoms with Gasteiger partial charge in [0.1, 0.15) is 0 Å². The molecule has 2 nitrogen and oxygen atoms in total. The van der Waals surface area contributed by atoms with Gasteiger partial charge in [0.05, 0.1) is 11.7 Å². The Morgan fingerprint density at radius 2 is 1.88 bits per heavy atom. The van der Waals surface area contributed by atoms with E-state index in [1.165, 1.54) is 51.4 Å². The summed E-state index contributed by atoms with van der Waals surface area (Å²) in [5.41, 5.74) is 6.01. The van der Waals surface area contributed by atoms with Crippen LogP contribution in [0.4, 0.5) is 0 Å². The molecule has 0 aliphatic heterocycles. The zero-order chi connectivity index (χ0) is 12.3. The van der Waals surface area contributed by atoms with Crippen LogP contribution in [0.15, 0.2) is 0 Å². The quantitative estimate of drug-likeness (QED) is 0.815. The van der Waals surface area contributed by atoms with E-state index in [0.29, 0.717) is 12.6 Å². The highest BCUT2D eigenvalue weighted by Gasteiger charge is 2.39. The molecule has 2 atom stereocenters. The predicted molar refractivity (Wildman–Crippen MR) is 71.9 cm³/mol. The molecule has 2 rings (SSSR count). The summed E-state index contributed by atoms with van der Waals surface area (Å²) in [5.74, 6) is 1.75. The molecule has 0 bridgehead atoms. The monoisotopic (exact) mass is 239 g/mol. The van der Waals surface area contributed by atoms with Crippen molar-refractivity contribution in [1.29, 1.82) is 0 Å². The lowest BCUT2D eigenvalue weighted by atomic mass is 9.85. The molecule has 100 valence electrons. The van der Waals surface area contributed by atoms with Crippen molar-refractivity contribution in [3.8, 4) is 0 Å². The topological polar surface area (TPSA) is 35.2 Å². The highest BCUT2D eigenvalue weighted by molar-refractivity contribution is 4.92. The van der Waals surface area contributed by atoms with Gasteiger partial charge in [-0.1, -0.05) is 20.3 Å². The predicted octanol–water partition coefficient (Wildman–Crippen LogP) is 3.49. The lowest BCUT2D eigenvalue weighted by Gasteiger charge is -2.36. The molecule has 17 heavy (non-hydrogen) atoms. The maximum atomic E-state index is 6.43. The summed E-state index contributed by atoms with van der Waals surface area (Å²) in [6.07, 6.45) is 10.7. The summed E-state index contributed by atoms with van der Waals surface area (Å²) in [6.45, 7) is 5.35. The lowest BCUT2D eigenvalue weighted by molar-refractivity contribution is -0.102. The second kappa shape index (κ2) is 5.71. The van der Waals surface area contributed by atoms with Gasteiger partial charge in [-0.3, -0.25) is 0 Å². The first-order valence-electron chi connectivity index (χ1n) is 7.55. The molecular weight excluding hydrogens is 210 g/mol. The van der Waals surface area contributed by atoms with Gasteiger partial charge in [0, 0.05) is 6.54 Å². The summed E-state index contributed by atoms with van der Waals surface area (Å²) in [7, 11) is 0. The van der Waals surface area contributed by atoms with Crippen molar-refractivity contribution in [1.82, 2.24) is 0 Å². The van der Waals surface area contributed by atoms with E-state index in [2.05, 4.69) is 13.8 Å². The molecule has 2 aliphatic rings. The Labute approximate surface area is 106 Å². The van der Waals surface area contributed by atoms with Crippen LogP contribution in [0.3, 0.4) is 0 Å². The van der Waals surface area contributed by atoms with E-state index in [-0.39, 0.29) is 5.60 Å². The van der Waals surface area contributed by atoms with Crippen LogP contribution in [-0.2, 0) is 4.74 Å². The van der Waals surface area contributed by atoms with Gasteiger partial charge in [-0.05, 0) is 56.8 Å². The molecule has 0 aromatic carbocycles. The number of rotatable bonds is 4. The Kier molecular flexibility index (Phi) is 4.48. The molecule has 0 radical (unpaired) electrons. The van der Waals surface area contributed by atoms with Gasteiger partial charge in [-0.15, -0.1) is 0 Å². The third-order valence-corrected chi connectivity index (χ3v) is 4.97. The zero-order valence-corrected chi connectivity index (χ0v) is 11.6. The average Bonchev–Trinajstić information content (AvgIpc) is 2.72. The minimum absolute atomic E-state index is 0.0309. The minimum atomic E-state index is 0.0309. The standard InChI is InChI=1S/C15H29NO/c1-3-13-4-6-14(7-5-13)17-15(11-16)9-8-12(2)10-15/h12-14H,3-11,16H2,1-2H3. The third kappa shape index (κ3) is 3.23. The van der Waals surface area contributed by atoms with Gasteiger partial charge in [0.2, 0.25) is 0 Å². The van der Waals surface area contributed by atoms with Gasteiger partial charge in [-0.25, -0.2) is 0 Å². The molecule has 2 saturated carbocycles. The van der Waals surface area contributed by atoms with Crippen molar-refractivity contribution in [2.75, 3.05) is 6.54 Å². The van der Waals surface area contributed by atoms with Crippen LogP contribution in [0.1, 0.15) is 65.2 Å². The molecule has 0 spiro atoms. The van der Waals surface area contributed by atoms with Gasteiger partial charge >= 0.3 is 0 Å². The van der Waals surface area contributed by atoms with Crippen LogP contribution in [0.25, 0.3) is 0 Å². The lowest BCUT2D eigenvalue weighted by Crippen LogP contribution is -2.42. The molecule has 2 heteroatoms. The van der Waals surface area contributed by atoms with Gasteiger partial charge in [0.15, 0.2) is 0 Å². The minimum Gasteiger partial charge on any atom is -0.370 e. The summed E-state index contributed by atoms with van der Waals surface area (Å²) in [6, 6.07) is 0. The van der Waals surface area contributed by atoms with E-state index in [0.717, 1.165) is 11.8 Å². The molecule has 0 aromatic heterocycles. The van der Waals surface area contributed by atoms with E-state index in [1.807, 2.05) is 0 Å². The maximum Gasteiger partial charge on any atom is 0.0810 e. The Balaban J connectivity index is 1.84. The van der Waals surface area contributed by atoms with Crippen molar-refractivity contribution >= 4 is 0 Å². The van der Waals surface area contributed by atoms with E-state index in [1.54, 1.807) is 0 Å². The highest BCUT2D eigenvalue weighted by Crippen LogP contribution is 2.40. The summed E-state index contributed by atoms with van der Waals surface area (Å²) >= 11 is 0. The van der Waals surface area contributed by atoms with Gasteiger partial charge in [-0.2, -0.15) is 0 Å². The molecule has 2 N–H and O–H groups in total. The Bertz CT molecular complexity index is 235. The highest BCUT2D eigenvalue weighted by atomic mass is 16.5. The number of hydrogen-bond donors (Lipinski definition) is 1. The molecule has 0 saturated heterocycles. The number of nitrogens with two attached hydrogens (primary N) is 1. The van der Waals surface area contributed by atoms with Crippen LogP contribution in [0.2, 0.25) is 0 Å². The Hall–Kier alpha value is -0.0800. The molecule has 2 fully saturated rings. The van der Waals surface area contributed by atoms with Crippen LogP contribution < -0.4 is 5.73 Å². The molecule has 2 unspecified atom stereocenters. The van der Waals surface area contributed by atoms with Gasteiger partial charge in [0.25, 0.3) is 0 Å². The average molecular weight is 239 g/mol. The third-order valence-electron chi connectivity index (χ3n) is 4.97. The fourth-order valence-corrected chi connectivity index (χ4v) is 3.70. The van der Waals surface area contributed by atoms with Crippen molar-refractivity contribution in [2.45, 2.75) is 76.9 Å². The second-order valence-corrected chi connectivity index (χ2v) is 6.40. The fraction of sp³-hybridized carbons (Fsp3) is 1.00. The number of hydrogen-bond acceptors (Lipinski definition) is 2. The molecule has 0 aromatic rings. The van der Waals surface area contributed by atoms with E-state index in [4.69, 9.17) is 10.5 Å². The van der Waals surface area contributed by atoms with Crippen molar-refractivity contribution in [3.05, 3.63) is 0 Å². The Morgan fingerprint density at radius 3 is 2.35 bits per heavy atom. The summed E-state index contributed by atoms with van der Waals surface area (Å²) in [4.78, 5) is 0. The van der Waals surface area contributed by atoms with Gasteiger partial charge < -0.3 is 10.5 Å².